The Bertz CT molecular complexity index is 362. The molecule has 1 rings (SSSR count). The Hall–Kier alpha value is -0.980. The van der Waals surface area contributed by atoms with Gasteiger partial charge >= 0.3 is 0 Å². The van der Waals surface area contributed by atoms with Gasteiger partial charge in [-0.2, -0.15) is 0 Å². The molecule has 0 amide bonds. The molecule has 0 aliphatic heterocycles. The van der Waals surface area contributed by atoms with E-state index in [4.69, 9.17) is 4.74 Å². The topological polar surface area (TPSA) is 9.23 Å². The average molecular weight is 248 g/mol. The second-order valence-electron chi connectivity index (χ2n) is 7.46. The van der Waals surface area contributed by atoms with Gasteiger partial charge in [0.15, 0.2) is 0 Å². The molecule has 0 aliphatic rings. The first-order valence-corrected chi connectivity index (χ1v) is 6.77. The van der Waals surface area contributed by atoms with Crippen LogP contribution in [0.5, 0.6) is 5.75 Å². The number of hydrogen-bond acceptors (Lipinski definition) is 1. The van der Waals surface area contributed by atoms with Gasteiger partial charge in [0.25, 0.3) is 0 Å². The van der Waals surface area contributed by atoms with Crippen LogP contribution >= 0.6 is 0 Å². The first-order chi connectivity index (χ1) is 8.13. The number of ether oxygens (including phenoxy) is 1. The SMILES string of the molecule is COc1ccc(C(CC(C)(C)C)C(C)(C)C)cc1. The van der Waals surface area contributed by atoms with Crippen molar-refractivity contribution in [2.75, 3.05) is 7.11 Å². The van der Waals surface area contributed by atoms with E-state index in [1.165, 1.54) is 12.0 Å². The van der Waals surface area contributed by atoms with E-state index in [0.29, 0.717) is 11.3 Å². The van der Waals surface area contributed by atoms with Gasteiger partial charge in [0.05, 0.1) is 7.11 Å². The zero-order valence-corrected chi connectivity index (χ0v) is 13.0. The normalized spacial score (nSPS) is 14.4. The van der Waals surface area contributed by atoms with Crippen molar-refractivity contribution >= 4 is 0 Å². The minimum absolute atomic E-state index is 0.280. The minimum Gasteiger partial charge on any atom is -0.497 e. The highest BCUT2D eigenvalue weighted by Gasteiger charge is 2.30. The van der Waals surface area contributed by atoms with Gasteiger partial charge in [-0.1, -0.05) is 53.7 Å². The predicted molar refractivity (Wildman–Crippen MR) is 79.3 cm³/mol. The minimum atomic E-state index is 0.280. The fourth-order valence-electron chi connectivity index (χ4n) is 2.37. The number of rotatable bonds is 3. The summed E-state index contributed by atoms with van der Waals surface area (Å²) in [7, 11) is 1.71. The summed E-state index contributed by atoms with van der Waals surface area (Å²) in [6.07, 6.45) is 1.20. The summed E-state index contributed by atoms with van der Waals surface area (Å²) >= 11 is 0. The third kappa shape index (κ3) is 4.36. The summed E-state index contributed by atoms with van der Waals surface area (Å²) in [5.41, 5.74) is 2.04. The molecule has 0 radical (unpaired) electrons. The number of hydrogen-bond donors (Lipinski definition) is 0. The van der Waals surface area contributed by atoms with E-state index in [0.717, 1.165) is 5.75 Å². The molecular formula is C17H28O. The second kappa shape index (κ2) is 5.34. The van der Waals surface area contributed by atoms with Crippen LogP contribution in [0.2, 0.25) is 0 Å². The monoisotopic (exact) mass is 248 g/mol. The van der Waals surface area contributed by atoms with Crippen LogP contribution in [0, 0.1) is 10.8 Å². The van der Waals surface area contributed by atoms with Crippen molar-refractivity contribution in [3.05, 3.63) is 29.8 Å². The molecule has 0 bridgehead atoms. The van der Waals surface area contributed by atoms with Crippen molar-refractivity contribution in [2.24, 2.45) is 10.8 Å². The van der Waals surface area contributed by atoms with Crippen molar-refractivity contribution < 1.29 is 4.74 Å². The molecule has 0 aliphatic carbocycles. The molecule has 1 aromatic rings. The molecule has 0 heterocycles. The van der Waals surface area contributed by atoms with Crippen molar-refractivity contribution in [3.8, 4) is 5.75 Å². The molecule has 0 saturated carbocycles. The van der Waals surface area contributed by atoms with Crippen molar-refractivity contribution in [3.63, 3.8) is 0 Å². The van der Waals surface area contributed by atoms with E-state index in [1.54, 1.807) is 7.11 Å². The zero-order chi connectivity index (χ0) is 14.0. The molecule has 1 aromatic carbocycles. The van der Waals surface area contributed by atoms with Crippen molar-refractivity contribution in [1.29, 1.82) is 0 Å². The quantitative estimate of drug-likeness (QED) is 0.709. The van der Waals surface area contributed by atoms with E-state index in [2.05, 4.69) is 65.8 Å². The van der Waals surface area contributed by atoms with Crippen LogP contribution in [0.1, 0.15) is 59.4 Å². The standard InChI is InChI=1S/C17H28O/c1-16(2,3)12-15(17(4,5)6)13-8-10-14(18-7)11-9-13/h8-11,15H,12H2,1-7H3. The van der Waals surface area contributed by atoms with Crippen LogP contribution in [-0.2, 0) is 0 Å². The highest BCUT2D eigenvalue weighted by atomic mass is 16.5. The summed E-state index contributed by atoms with van der Waals surface area (Å²) in [6.45, 7) is 13.9. The maximum Gasteiger partial charge on any atom is 0.118 e. The van der Waals surface area contributed by atoms with Crippen LogP contribution in [0.15, 0.2) is 24.3 Å². The maximum absolute atomic E-state index is 5.24. The van der Waals surface area contributed by atoms with E-state index < -0.39 is 0 Å². The fourth-order valence-corrected chi connectivity index (χ4v) is 2.37. The Labute approximate surface area is 113 Å². The third-order valence-electron chi connectivity index (χ3n) is 3.38. The Balaban J connectivity index is 3.02. The molecule has 1 atom stereocenters. The molecule has 1 unspecified atom stereocenters. The molecule has 1 nitrogen and oxygen atoms in total. The highest BCUT2D eigenvalue weighted by Crippen LogP contribution is 2.43. The van der Waals surface area contributed by atoms with Gasteiger partial charge < -0.3 is 4.74 Å². The Morgan fingerprint density at radius 3 is 1.78 bits per heavy atom. The molecule has 0 aromatic heterocycles. The van der Waals surface area contributed by atoms with Crippen molar-refractivity contribution in [1.82, 2.24) is 0 Å². The largest absolute Gasteiger partial charge is 0.497 e. The van der Waals surface area contributed by atoms with E-state index >= 15 is 0 Å². The molecular weight excluding hydrogens is 220 g/mol. The lowest BCUT2D eigenvalue weighted by atomic mass is 9.69. The fraction of sp³-hybridized carbons (Fsp3) is 0.647. The van der Waals surface area contributed by atoms with Crippen molar-refractivity contribution in [2.45, 2.75) is 53.9 Å². The second-order valence-corrected chi connectivity index (χ2v) is 7.46. The van der Waals surface area contributed by atoms with Gasteiger partial charge in [0.2, 0.25) is 0 Å². The van der Waals surface area contributed by atoms with E-state index in [1.807, 2.05) is 0 Å². The smallest absolute Gasteiger partial charge is 0.118 e. The lowest BCUT2D eigenvalue weighted by Gasteiger charge is -2.36. The van der Waals surface area contributed by atoms with Gasteiger partial charge in [-0.3, -0.25) is 0 Å². The molecule has 0 spiro atoms. The lowest BCUT2D eigenvalue weighted by Crippen LogP contribution is -2.23. The lowest BCUT2D eigenvalue weighted by molar-refractivity contribution is 0.229. The maximum atomic E-state index is 5.24. The Morgan fingerprint density at radius 1 is 0.944 bits per heavy atom. The van der Waals surface area contributed by atoms with Crippen LogP contribution in [0.3, 0.4) is 0 Å². The molecule has 1 heteroatoms. The first-order valence-electron chi connectivity index (χ1n) is 6.77. The van der Waals surface area contributed by atoms with Crippen LogP contribution in [-0.4, -0.2) is 7.11 Å². The molecule has 0 fully saturated rings. The van der Waals surface area contributed by atoms with Crippen LogP contribution in [0.25, 0.3) is 0 Å². The predicted octanol–water partition coefficient (Wildman–Crippen LogP) is 5.26. The molecule has 0 saturated heterocycles. The first kappa shape index (κ1) is 15.1. The summed E-state index contributed by atoms with van der Waals surface area (Å²) in [5, 5.41) is 0. The summed E-state index contributed by atoms with van der Waals surface area (Å²) < 4.78 is 5.24. The average Bonchev–Trinajstić information content (AvgIpc) is 2.24. The summed E-state index contributed by atoms with van der Waals surface area (Å²) in [5.74, 6) is 1.51. The van der Waals surface area contributed by atoms with Gasteiger partial charge in [0, 0.05) is 0 Å². The molecule has 0 N–H and O–H groups in total. The van der Waals surface area contributed by atoms with Crippen LogP contribution < -0.4 is 4.74 Å². The molecule has 18 heavy (non-hydrogen) atoms. The third-order valence-corrected chi connectivity index (χ3v) is 3.38. The highest BCUT2D eigenvalue weighted by molar-refractivity contribution is 5.30. The molecule has 102 valence electrons. The summed E-state index contributed by atoms with van der Waals surface area (Å²) in [4.78, 5) is 0. The van der Waals surface area contributed by atoms with Gasteiger partial charge in [0.1, 0.15) is 5.75 Å². The summed E-state index contributed by atoms with van der Waals surface area (Å²) in [6, 6.07) is 8.55. The van der Waals surface area contributed by atoms with Gasteiger partial charge in [-0.15, -0.1) is 0 Å². The van der Waals surface area contributed by atoms with E-state index in [-0.39, 0.29) is 5.41 Å². The van der Waals surface area contributed by atoms with Gasteiger partial charge in [-0.05, 0) is 40.9 Å². The Morgan fingerprint density at radius 2 is 1.44 bits per heavy atom. The van der Waals surface area contributed by atoms with E-state index in [9.17, 15) is 0 Å². The number of benzene rings is 1. The van der Waals surface area contributed by atoms with Gasteiger partial charge in [-0.25, -0.2) is 0 Å². The Kier molecular flexibility index (Phi) is 4.47. The van der Waals surface area contributed by atoms with Crippen LogP contribution in [0.4, 0.5) is 0 Å². The zero-order valence-electron chi connectivity index (χ0n) is 13.0. The number of methoxy groups -OCH3 is 1.